The number of ether oxygens (including phenoxy) is 1. The maximum Gasteiger partial charge on any atom is 0.218 e. The van der Waals surface area contributed by atoms with Crippen LogP contribution in [0.25, 0.3) is 10.9 Å². The third-order valence-corrected chi connectivity index (χ3v) is 4.01. The normalized spacial score (nSPS) is 10.4. The van der Waals surface area contributed by atoms with E-state index in [1.54, 1.807) is 19.4 Å². The van der Waals surface area contributed by atoms with Gasteiger partial charge in [0.2, 0.25) is 5.88 Å². The lowest BCUT2D eigenvalue weighted by atomic mass is 10.2. The molecule has 7 nitrogen and oxygen atoms in total. The van der Waals surface area contributed by atoms with Crippen LogP contribution in [0, 0.1) is 0 Å². The molecule has 0 saturated heterocycles. The van der Waals surface area contributed by atoms with Crippen LogP contribution >= 0.6 is 23.8 Å². The zero-order valence-electron chi connectivity index (χ0n) is 14.0. The number of thiocarbonyl (C=S) groups is 1. The highest BCUT2D eigenvalue weighted by atomic mass is 35.5. The summed E-state index contributed by atoms with van der Waals surface area (Å²) >= 11 is 11.3. The minimum absolute atomic E-state index is 0.469. The van der Waals surface area contributed by atoms with Crippen LogP contribution in [0.1, 0.15) is 0 Å². The lowest BCUT2D eigenvalue weighted by Crippen LogP contribution is -2.32. The monoisotopic (exact) mass is 388 g/mol. The minimum atomic E-state index is 0.469. The fourth-order valence-electron chi connectivity index (χ4n) is 2.33. The lowest BCUT2D eigenvalue weighted by molar-refractivity contribution is 0.397. The van der Waals surface area contributed by atoms with Crippen molar-refractivity contribution in [2.24, 2.45) is 0 Å². The highest BCUT2D eigenvalue weighted by Crippen LogP contribution is 2.24. The Morgan fingerprint density at radius 1 is 1.15 bits per heavy atom. The Balaban J connectivity index is 1.50. The number of aromatic nitrogens is 3. The number of hydrogen-bond donors (Lipinski definition) is 3. The Kier molecular flexibility index (Phi) is 5.98. The van der Waals surface area contributed by atoms with Crippen molar-refractivity contribution in [3.8, 4) is 5.88 Å². The number of methoxy groups -OCH3 is 1. The van der Waals surface area contributed by atoms with E-state index in [1.165, 1.54) is 6.33 Å². The molecule has 26 heavy (non-hydrogen) atoms. The van der Waals surface area contributed by atoms with Gasteiger partial charge in [-0.1, -0.05) is 11.6 Å². The highest BCUT2D eigenvalue weighted by Gasteiger charge is 2.03. The second kappa shape index (κ2) is 8.59. The van der Waals surface area contributed by atoms with Gasteiger partial charge in [0.15, 0.2) is 5.11 Å². The summed E-state index contributed by atoms with van der Waals surface area (Å²) in [6.07, 6.45) is 3.16. The van der Waals surface area contributed by atoms with E-state index >= 15 is 0 Å². The summed E-state index contributed by atoms with van der Waals surface area (Å²) in [4.78, 5) is 12.4. The van der Waals surface area contributed by atoms with Gasteiger partial charge >= 0.3 is 0 Å². The SMILES string of the molecule is COc1cc(NC(=S)NCCNc2ccnc3cc(Cl)ccc23)ncn1. The number of fused-ring (bicyclic) bond motifs is 1. The van der Waals surface area contributed by atoms with Gasteiger partial charge in [0.1, 0.15) is 12.1 Å². The maximum atomic E-state index is 6.01. The van der Waals surface area contributed by atoms with E-state index in [1.807, 2.05) is 24.3 Å². The van der Waals surface area contributed by atoms with Gasteiger partial charge in [0.05, 0.1) is 12.6 Å². The standard InChI is InChI=1S/C17H17ClN6OS/c1-25-16-9-15(22-10-23-16)24-17(26)21-7-6-20-13-4-5-19-14-8-11(18)2-3-12(13)14/h2-5,8-10H,6-7H2,1H3,(H,19,20)(H2,21,22,23,24,26). The first-order valence-corrected chi connectivity index (χ1v) is 8.63. The Labute approximate surface area is 161 Å². The van der Waals surface area contributed by atoms with Gasteiger partial charge in [-0.3, -0.25) is 4.98 Å². The molecular weight excluding hydrogens is 372 g/mol. The van der Waals surface area contributed by atoms with Gasteiger partial charge < -0.3 is 20.7 Å². The van der Waals surface area contributed by atoms with Crippen molar-refractivity contribution in [2.45, 2.75) is 0 Å². The summed E-state index contributed by atoms with van der Waals surface area (Å²) in [5.41, 5.74) is 1.85. The van der Waals surface area contributed by atoms with Gasteiger partial charge in [0, 0.05) is 41.4 Å². The Bertz CT molecular complexity index is 923. The predicted molar refractivity (Wildman–Crippen MR) is 108 cm³/mol. The Morgan fingerprint density at radius 2 is 2.04 bits per heavy atom. The molecule has 3 aromatic rings. The van der Waals surface area contributed by atoms with Gasteiger partial charge in [-0.25, -0.2) is 9.97 Å². The van der Waals surface area contributed by atoms with Crippen LogP contribution in [0.2, 0.25) is 5.02 Å². The molecule has 0 aliphatic heterocycles. The van der Waals surface area contributed by atoms with Crippen LogP contribution in [0.4, 0.5) is 11.5 Å². The van der Waals surface area contributed by atoms with Crippen LogP contribution in [0.3, 0.4) is 0 Å². The third kappa shape index (κ3) is 4.68. The molecule has 0 spiro atoms. The van der Waals surface area contributed by atoms with Crippen LogP contribution in [-0.4, -0.2) is 40.3 Å². The molecule has 0 bridgehead atoms. The number of benzene rings is 1. The summed E-state index contributed by atoms with van der Waals surface area (Å²) < 4.78 is 5.05. The van der Waals surface area contributed by atoms with Crippen LogP contribution < -0.4 is 20.7 Å². The second-order valence-electron chi connectivity index (χ2n) is 5.27. The van der Waals surface area contributed by atoms with Crippen molar-refractivity contribution in [3.05, 3.63) is 47.9 Å². The van der Waals surface area contributed by atoms with Crippen LogP contribution in [-0.2, 0) is 0 Å². The molecule has 2 aromatic heterocycles. The number of hydrogen-bond acceptors (Lipinski definition) is 6. The molecule has 0 aliphatic carbocycles. The first-order valence-electron chi connectivity index (χ1n) is 7.85. The minimum Gasteiger partial charge on any atom is -0.481 e. The smallest absolute Gasteiger partial charge is 0.218 e. The fraction of sp³-hybridized carbons (Fsp3) is 0.176. The lowest BCUT2D eigenvalue weighted by Gasteiger charge is -2.12. The molecule has 0 unspecified atom stereocenters. The van der Waals surface area contributed by atoms with E-state index < -0.39 is 0 Å². The molecule has 0 aliphatic rings. The molecule has 0 fully saturated rings. The average Bonchev–Trinajstić information content (AvgIpc) is 2.65. The van der Waals surface area contributed by atoms with E-state index in [0.717, 1.165) is 16.6 Å². The summed E-state index contributed by atoms with van der Waals surface area (Å²) in [5, 5.41) is 11.6. The Hall–Kier alpha value is -2.71. The van der Waals surface area contributed by atoms with Crippen molar-refractivity contribution < 1.29 is 4.74 Å². The molecule has 1 aromatic carbocycles. The number of nitrogens with one attached hydrogen (secondary N) is 3. The van der Waals surface area contributed by atoms with Gasteiger partial charge in [-0.15, -0.1) is 0 Å². The molecule has 134 valence electrons. The van der Waals surface area contributed by atoms with Crippen molar-refractivity contribution in [2.75, 3.05) is 30.8 Å². The topological polar surface area (TPSA) is 84.0 Å². The number of pyridine rings is 1. The molecule has 3 N–H and O–H groups in total. The molecule has 0 radical (unpaired) electrons. The molecule has 0 atom stereocenters. The van der Waals surface area contributed by atoms with E-state index in [9.17, 15) is 0 Å². The van der Waals surface area contributed by atoms with Gasteiger partial charge in [-0.05, 0) is 36.5 Å². The average molecular weight is 389 g/mol. The molecule has 0 amide bonds. The summed E-state index contributed by atoms with van der Waals surface area (Å²) in [6, 6.07) is 9.24. The van der Waals surface area contributed by atoms with Crippen molar-refractivity contribution in [1.29, 1.82) is 0 Å². The molecule has 2 heterocycles. The highest BCUT2D eigenvalue weighted by molar-refractivity contribution is 7.80. The van der Waals surface area contributed by atoms with Crippen molar-refractivity contribution >= 4 is 51.3 Å². The van der Waals surface area contributed by atoms with Crippen molar-refractivity contribution in [3.63, 3.8) is 0 Å². The summed E-state index contributed by atoms with van der Waals surface area (Å²) in [7, 11) is 1.55. The van der Waals surface area contributed by atoms with Crippen molar-refractivity contribution in [1.82, 2.24) is 20.3 Å². The maximum absolute atomic E-state index is 6.01. The fourth-order valence-corrected chi connectivity index (χ4v) is 2.70. The predicted octanol–water partition coefficient (Wildman–Crippen LogP) is 3.09. The van der Waals surface area contributed by atoms with E-state index in [2.05, 4.69) is 30.9 Å². The van der Waals surface area contributed by atoms with E-state index in [4.69, 9.17) is 28.6 Å². The molecular formula is C17H17ClN6OS. The molecule has 3 rings (SSSR count). The largest absolute Gasteiger partial charge is 0.481 e. The van der Waals surface area contributed by atoms with E-state index in [-0.39, 0.29) is 0 Å². The summed E-state index contributed by atoms with van der Waals surface area (Å²) in [5.74, 6) is 1.04. The molecule has 0 saturated carbocycles. The Morgan fingerprint density at radius 3 is 2.88 bits per heavy atom. The van der Waals surface area contributed by atoms with Crippen LogP contribution in [0.15, 0.2) is 42.9 Å². The number of anilines is 2. The summed E-state index contributed by atoms with van der Waals surface area (Å²) in [6.45, 7) is 1.31. The number of nitrogens with zero attached hydrogens (tertiary/aromatic N) is 3. The number of halogens is 1. The quantitative estimate of drug-likeness (QED) is 0.439. The van der Waals surface area contributed by atoms with Crippen LogP contribution in [0.5, 0.6) is 5.88 Å². The van der Waals surface area contributed by atoms with Gasteiger partial charge in [0.25, 0.3) is 0 Å². The molecule has 9 heteroatoms. The number of rotatable bonds is 6. The zero-order chi connectivity index (χ0) is 18.4. The second-order valence-corrected chi connectivity index (χ2v) is 6.12. The zero-order valence-corrected chi connectivity index (χ0v) is 15.6. The first kappa shape index (κ1) is 18.1. The first-order chi connectivity index (χ1) is 12.7. The third-order valence-electron chi connectivity index (χ3n) is 3.52. The van der Waals surface area contributed by atoms with E-state index in [0.29, 0.717) is 34.9 Å². The van der Waals surface area contributed by atoms with Gasteiger partial charge in [-0.2, -0.15) is 0 Å².